The topological polar surface area (TPSA) is 113 Å². The van der Waals surface area contributed by atoms with E-state index in [1.54, 1.807) is 43.5 Å². The van der Waals surface area contributed by atoms with Crippen LogP contribution in [0.25, 0.3) is 17.4 Å². The van der Waals surface area contributed by atoms with Gasteiger partial charge < -0.3 is 19.6 Å². The number of hydrogen-bond acceptors (Lipinski definition) is 5. The molecule has 0 saturated carbocycles. The van der Waals surface area contributed by atoms with Crippen molar-refractivity contribution in [2.45, 2.75) is 6.54 Å². The van der Waals surface area contributed by atoms with E-state index in [4.69, 9.17) is 14.3 Å². The molecule has 3 rings (SSSR count). The minimum absolute atomic E-state index is 0.108. The smallest absolute Gasteiger partial charge is 0.335 e. The van der Waals surface area contributed by atoms with Crippen LogP contribution in [0.4, 0.5) is 0 Å². The Hall–Kier alpha value is -4.31. The van der Waals surface area contributed by atoms with Crippen molar-refractivity contribution < 1.29 is 23.8 Å². The van der Waals surface area contributed by atoms with Crippen molar-refractivity contribution in [1.82, 2.24) is 5.32 Å². The number of carbonyl (C=O) groups excluding carboxylic acids is 1. The van der Waals surface area contributed by atoms with Crippen molar-refractivity contribution in [3.05, 3.63) is 83.1 Å². The van der Waals surface area contributed by atoms with Gasteiger partial charge in [-0.15, -0.1) is 0 Å². The second-order valence-electron chi connectivity index (χ2n) is 6.29. The quantitative estimate of drug-likeness (QED) is 0.458. The number of rotatable bonds is 7. The molecule has 2 N–H and O–H groups in total. The molecule has 0 radical (unpaired) electrons. The summed E-state index contributed by atoms with van der Waals surface area (Å²) in [6, 6.07) is 18.6. The third-order valence-electron chi connectivity index (χ3n) is 4.28. The maximum atomic E-state index is 12.3. The first-order chi connectivity index (χ1) is 14.5. The van der Waals surface area contributed by atoms with E-state index in [0.717, 1.165) is 5.56 Å². The van der Waals surface area contributed by atoms with Gasteiger partial charge in [0.1, 0.15) is 28.9 Å². The van der Waals surface area contributed by atoms with E-state index in [2.05, 4.69) is 5.32 Å². The summed E-state index contributed by atoms with van der Waals surface area (Å²) < 4.78 is 10.8. The van der Waals surface area contributed by atoms with E-state index in [1.165, 1.54) is 18.2 Å². The zero-order chi connectivity index (χ0) is 21.5. The molecule has 0 bridgehead atoms. The number of carboxylic acids is 1. The zero-order valence-electron chi connectivity index (χ0n) is 16.1. The van der Waals surface area contributed by atoms with Crippen LogP contribution in [0, 0.1) is 11.3 Å². The predicted octanol–water partition coefficient (Wildman–Crippen LogP) is 3.88. The molecule has 0 unspecified atom stereocenters. The third kappa shape index (κ3) is 4.94. The van der Waals surface area contributed by atoms with Gasteiger partial charge in [-0.3, -0.25) is 4.79 Å². The van der Waals surface area contributed by atoms with Crippen molar-refractivity contribution in [3.8, 4) is 23.1 Å². The molecular weight excluding hydrogens is 384 g/mol. The lowest BCUT2D eigenvalue weighted by atomic mass is 10.1. The van der Waals surface area contributed by atoms with Crippen LogP contribution in [0.5, 0.6) is 5.75 Å². The van der Waals surface area contributed by atoms with E-state index in [0.29, 0.717) is 22.8 Å². The van der Waals surface area contributed by atoms with Gasteiger partial charge in [-0.2, -0.15) is 5.26 Å². The van der Waals surface area contributed by atoms with Crippen LogP contribution in [0.3, 0.4) is 0 Å². The highest BCUT2D eigenvalue weighted by Crippen LogP contribution is 2.24. The number of carbonyl (C=O) groups is 2. The number of benzene rings is 2. The maximum absolute atomic E-state index is 12.3. The number of aromatic carboxylic acids is 1. The average Bonchev–Trinajstić information content (AvgIpc) is 3.25. The third-order valence-corrected chi connectivity index (χ3v) is 4.28. The summed E-state index contributed by atoms with van der Waals surface area (Å²) >= 11 is 0. The van der Waals surface area contributed by atoms with Crippen molar-refractivity contribution in [3.63, 3.8) is 0 Å². The van der Waals surface area contributed by atoms with Gasteiger partial charge in [0, 0.05) is 18.2 Å². The molecule has 1 aromatic heterocycles. The summed E-state index contributed by atoms with van der Waals surface area (Å²) in [7, 11) is 1.57. The van der Waals surface area contributed by atoms with Gasteiger partial charge in [0.15, 0.2) is 0 Å². The standard InChI is InChI=1S/C23H18N2O5/c1-29-19-7-5-15(6-8-19)14-25-22(26)18(13-24)12-20-9-10-21(30-20)16-3-2-4-17(11-16)23(27)28/h2-12H,14H2,1H3,(H,25,26)(H,27,28)/b18-12+. The zero-order valence-corrected chi connectivity index (χ0v) is 16.1. The van der Waals surface area contributed by atoms with Gasteiger partial charge in [-0.05, 0) is 42.0 Å². The van der Waals surface area contributed by atoms with E-state index >= 15 is 0 Å². The predicted molar refractivity (Wildman–Crippen MR) is 110 cm³/mol. The van der Waals surface area contributed by atoms with Crippen LogP contribution in [0.1, 0.15) is 21.7 Å². The Morgan fingerprint density at radius 1 is 1.17 bits per heavy atom. The fourth-order valence-corrected chi connectivity index (χ4v) is 2.70. The molecule has 150 valence electrons. The second kappa shape index (κ2) is 9.26. The molecule has 0 aliphatic rings. The average molecular weight is 402 g/mol. The summed E-state index contributed by atoms with van der Waals surface area (Å²) in [4.78, 5) is 23.5. The summed E-state index contributed by atoms with van der Waals surface area (Å²) in [6.45, 7) is 0.257. The fourth-order valence-electron chi connectivity index (χ4n) is 2.70. The summed E-state index contributed by atoms with van der Waals surface area (Å²) in [5.74, 6) is -0.115. The number of furan rings is 1. The van der Waals surface area contributed by atoms with Crippen LogP contribution >= 0.6 is 0 Å². The number of nitrogens with zero attached hydrogens (tertiary/aromatic N) is 1. The van der Waals surface area contributed by atoms with Gasteiger partial charge in [0.05, 0.1) is 12.7 Å². The number of methoxy groups -OCH3 is 1. The Morgan fingerprint density at radius 2 is 1.93 bits per heavy atom. The lowest BCUT2D eigenvalue weighted by Gasteiger charge is -2.05. The van der Waals surface area contributed by atoms with E-state index in [9.17, 15) is 14.9 Å². The Morgan fingerprint density at radius 3 is 2.60 bits per heavy atom. The summed E-state index contributed by atoms with van der Waals surface area (Å²) in [5.41, 5.74) is 1.47. The van der Waals surface area contributed by atoms with Crippen LogP contribution < -0.4 is 10.1 Å². The number of nitriles is 1. The number of carboxylic acid groups (broad SMARTS) is 1. The normalized spacial score (nSPS) is 10.9. The molecule has 0 aliphatic carbocycles. The summed E-state index contributed by atoms with van der Waals surface area (Å²) in [5, 5.41) is 21.1. The SMILES string of the molecule is COc1ccc(CNC(=O)/C(C#N)=C/c2ccc(-c3cccc(C(=O)O)c3)o2)cc1. The first-order valence-corrected chi connectivity index (χ1v) is 8.96. The van der Waals surface area contributed by atoms with Crippen LogP contribution in [0.15, 0.2) is 70.7 Å². The fraction of sp³-hybridized carbons (Fsp3) is 0.0870. The Balaban J connectivity index is 1.71. The molecule has 2 aromatic carbocycles. The van der Waals surface area contributed by atoms with Crippen LogP contribution in [-0.2, 0) is 11.3 Å². The highest BCUT2D eigenvalue weighted by Gasteiger charge is 2.12. The molecule has 0 fully saturated rings. The lowest BCUT2D eigenvalue weighted by molar-refractivity contribution is -0.117. The highest BCUT2D eigenvalue weighted by molar-refractivity contribution is 6.01. The van der Waals surface area contributed by atoms with Crippen molar-refractivity contribution in [2.75, 3.05) is 7.11 Å². The molecule has 0 spiro atoms. The Kier molecular flexibility index (Phi) is 6.30. The van der Waals surface area contributed by atoms with Crippen molar-refractivity contribution >= 4 is 18.0 Å². The van der Waals surface area contributed by atoms with E-state index < -0.39 is 11.9 Å². The van der Waals surface area contributed by atoms with Gasteiger partial charge >= 0.3 is 5.97 Å². The molecule has 7 heteroatoms. The first kappa shape index (κ1) is 20.4. The molecule has 0 atom stereocenters. The lowest BCUT2D eigenvalue weighted by Crippen LogP contribution is -2.23. The van der Waals surface area contributed by atoms with Gasteiger partial charge in [-0.25, -0.2) is 4.79 Å². The molecule has 0 saturated heterocycles. The molecule has 1 heterocycles. The van der Waals surface area contributed by atoms with Crippen LogP contribution in [0.2, 0.25) is 0 Å². The Labute approximate surface area is 172 Å². The number of amides is 1. The highest BCUT2D eigenvalue weighted by atomic mass is 16.5. The number of nitrogens with one attached hydrogen (secondary N) is 1. The van der Waals surface area contributed by atoms with Crippen molar-refractivity contribution in [1.29, 1.82) is 5.26 Å². The van der Waals surface area contributed by atoms with E-state index in [-0.39, 0.29) is 17.7 Å². The van der Waals surface area contributed by atoms with E-state index in [1.807, 2.05) is 18.2 Å². The summed E-state index contributed by atoms with van der Waals surface area (Å²) in [6.07, 6.45) is 1.34. The van der Waals surface area contributed by atoms with Crippen LogP contribution in [-0.4, -0.2) is 24.1 Å². The monoisotopic (exact) mass is 402 g/mol. The molecule has 3 aromatic rings. The minimum atomic E-state index is -1.04. The molecule has 30 heavy (non-hydrogen) atoms. The second-order valence-corrected chi connectivity index (χ2v) is 6.29. The van der Waals surface area contributed by atoms with Gasteiger partial charge in [0.25, 0.3) is 5.91 Å². The molecule has 1 amide bonds. The first-order valence-electron chi connectivity index (χ1n) is 8.96. The maximum Gasteiger partial charge on any atom is 0.335 e. The van der Waals surface area contributed by atoms with Crippen molar-refractivity contribution in [2.24, 2.45) is 0 Å². The Bertz CT molecular complexity index is 1140. The minimum Gasteiger partial charge on any atom is -0.497 e. The van der Waals surface area contributed by atoms with Gasteiger partial charge in [-0.1, -0.05) is 24.3 Å². The largest absolute Gasteiger partial charge is 0.497 e. The number of ether oxygens (including phenoxy) is 1. The van der Waals surface area contributed by atoms with Gasteiger partial charge in [0.2, 0.25) is 0 Å². The molecule has 7 nitrogen and oxygen atoms in total. The molecular formula is C23H18N2O5. The number of hydrogen-bond donors (Lipinski definition) is 2. The molecule has 0 aliphatic heterocycles.